The standard InChI is InChI=1S/C12H13Br2N3/c1-8(9-6-15-17(2)7-9)16-12-5-10(13)3-4-11(12)14/h3-8,16H,1-2H3. The van der Waals surface area contributed by atoms with Crippen molar-refractivity contribution in [3.05, 3.63) is 45.1 Å². The molecule has 1 atom stereocenters. The monoisotopic (exact) mass is 357 g/mol. The van der Waals surface area contributed by atoms with Crippen molar-refractivity contribution in [3.63, 3.8) is 0 Å². The minimum Gasteiger partial charge on any atom is -0.377 e. The Balaban J connectivity index is 2.18. The number of hydrogen-bond acceptors (Lipinski definition) is 2. The van der Waals surface area contributed by atoms with Gasteiger partial charge in [-0.05, 0) is 41.1 Å². The Morgan fingerprint density at radius 3 is 2.76 bits per heavy atom. The van der Waals surface area contributed by atoms with Gasteiger partial charge in [0.2, 0.25) is 0 Å². The maximum Gasteiger partial charge on any atom is 0.0542 e. The van der Waals surface area contributed by atoms with E-state index in [4.69, 9.17) is 0 Å². The lowest BCUT2D eigenvalue weighted by Crippen LogP contribution is -2.06. The van der Waals surface area contributed by atoms with Gasteiger partial charge in [-0.15, -0.1) is 0 Å². The topological polar surface area (TPSA) is 29.9 Å². The van der Waals surface area contributed by atoms with E-state index in [9.17, 15) is 0 Å². The van der Waals surface area contributed by atoms with E-state index in [0.29, 0.717) is 0 Å². The summed E-state index contributed by atoms with van der Waals surface area (Å²) in [6.45, 7) is 2.12. The zero-order valence-corrected chi connectivity index (χ0v) is 12.8. The summed E-state index contributed by atoms with van der Waals surface area (Å²) in [6.07, 6.45) is 3.90. The number of halogens is 2. The van der Waals surface area contributed by atoms with E-state index in [-0.39, 0.29) is 6.04 Å². The highest BCUT2D eigenvalue weighted by Crippen LogP contribution is 2.29. The molecule has 1 heterocycles. The summed E-state index contributed by atoms with van der Waals surface area (Å²) in [5.41, 5.74) is 2.23. The van der Waals surface area contributed by atoms with Crippen LogP contribution < -0.4 is 5.32 Å². The van der Waals surface area contributed by atoms with Gasteiger partial charge in [-0.2, -0.15) is 5.10 Å². The maximum absolute atomic E-state index is 4.17. The zero-order valence-electron chi connectivity index (χ0n) is 9.61. The van der Waals surface area contributed by atoms with Crippen LogP contribution >= 0.6 is 31.9 Å². The van der Waals surface area contributed by atoms with Gasteiger partial charge in [-0.1, -0.05) is 15.9 Å². The van der Waals surface area contributed by atoms with Gasteiger partial charge in [-0.3, -0.25) is 4.68 Å². The van der Waals surface area contributed by atoms with Gasteiger partial charge in [0.25, 0.3) is 0 Å². The van der Waals surface area contributed by atoms with E-state index in [1.807, 2.05) is 36.3 Å². The number of aromatic nitrogens is 2. The third-order valence-corrected chi connectivity index (χ3v) is 3.71. The normalized spacial score (nSPS) is 12.5. The first-order valence-corrected chi connectivity index (χ1v) is 6.85. The minimum absolute atomic E-state index is 0.217. The van der Waals surface area contributed by atoms with Crippen LogP contribution in [0.25, 0.3) is 0 Å². The average Bonchev–Trinajstić information content (AvgIpc) is 2.70. The summed E-state index contributed by atoms with van der Waals surface area (Å²) in [6, 6.07) is 6.29. The highest BCUT2D eigenvalue weighted by Gasteiger charge is 2.09. The van der Waals surface area contributed by atoms with Crippen LogP contribution in [0, 0.1) is 0 Å². The number of benzene rings is 1. The fourth-order valence-corrected chi connectivity index (χ4v) is 2.31. The minimum atomic E-state index is 0.217. The molecule has 1 N–H and O–H groups in total. The van der Waals surface area contributed by atoms with Crippen molar-refractivity contribution in [3.8, 4) is 0 Å². The molecule has 0 spiro atoms. The molecule has 1 aromatic carbocycles. The molecule has 0 aliphatic heterocycles. The average molecular weight is 359 g/mol. The van der Waals surface area contributed by atoms with Crippen LogP contribution in [0.2, 0.25) is 0 Å². The summed E-state index contributed by atoms with van der Waals surface area (Å²) < 4.78 is 3.92. The van der Waals surface area contributed by atoms with E-state index in [2.05, 4.69) is 55.3 Å². The molecule has 1 aromatic heterocycles. The molecule has 0 fully saturated rings. The van der Waals surface area contributed by atoms with E-state index >= 15 is 0 Å². The van der Waals surface area contributed by atoms with Crippen molar-refractivity contribution in [1.29, 1.82) is 0 Å². The Morgan fingerprint density at radius 1 is 1.35 bits per heavy atom. The number of hydrogen-bond donors (Lipinski definition) is 1. The molecule has 0 saturated heterocycles. The van der Waals surface area contributed by atoms with E-state index in [1.165, 1.54) is 5.56 Å². The molecule has 0 bridgehead atoms. The SMILES string of the molecule is CC(Nc1cc(Br)ccc1Br)c1cnn(C)c1. The van der Waals surface area contributed by atoms with Crippen molar-refractivity contribution in [2.45, 2.75) is 13.0 Å². The second-order valence-corrected chi connectivity index (χ2v) is 5.71. The van der Waals surface area contributed by atoms with Crippen molar-refractivity contribution in [1.82, 2.24) is 9.78 Å². The fraction of sp³-hybridized carbons (Fsp3) is 0.250. The van der Waals surface area contributed by atoms with E-state index in [1.54, 1.807) is 0 Å². The number of nitrogens with one attached hydrogen (secondary N) is 1. The van der Waals surface area contributed by atoms with Crippen LogP contribution in [0.4, 0.5) is 5.69 Å². The Bertz CT molecular complexity index is 522. The largest absolute Gasteiger partial charge is 0.377 e. The lowest BCUT2D eigenvalue weighted by atomic mass is 10.2. The van der Waals surface area contributed by atoms with Gasteiger partial charge in [0, 0.05) is 27.8 Å². The number of nitrogens with zero attached hydrogens (tertiary/aromatic N) is 2. The molecule has 2 rings (SSSR count). The lowest BCUT2D eigenvalue weighted by molar-refractivity contribution is 0.765. The molecule has 5 heteroatoms. The van der Waals surface area contributed by atoms with Crippen molar-refractivity contribution in [2.75, 3.05) is 5.32 Å². The van der Waals surface area contributed by atoms with Crippen LogP contribution in [-0.2, 0) is 7.05 Å². The Labute approximate surface area is 117 Å². The van der Waals surface area contributed by atoms with Gasteiger partial charge >= 0.3 is 0 Å². The number of aryl methyl sites for hydroxylation is 1. The number of anilines is 1. The summed E-state index contributed by atoms with van der Waals surface area (Å²) in [5.74, 6) is 0. The summed E-state index contributed by atoms with van der Waals surface area (Å²) >= 11 is 7.00. The Kier molecular flexibility index (Phi) is 3.89. The molecular weight excluding hydrogens is 346 g/mol. The molecule has 17 heavy (non-hydrogen) atoms. The molecule has 0 radical (unpaired) electrons. The maximum atomic E-state index is 4.17. The van der Waals surface area contributed by atoms with Crippen molar-refractivity contribution < 1.29 is 0 Å². The first-order chi connectivity index (χ1) is 8.06. The van der Waals surface area contributed by atoms with Gasteiger partial charge in [-0.25, -0.2) is 0 Å². The van der Waals surface area contributed by atoms with Crippen LogP contribution in [0.3, 0.4) is 0 Å². The van der Waals surface area contributed by atoms with Crippen LogP contribution in [0.15, 0.2) is 39.5 Å². The molecule has 1 unspecified atom stereocenters. The third kappa shape index (κ3) is 3.10. The predicted molar refractivity (Wildman–Crippen MR) is 77.1 cm³/mol. The summed E-state index contributed by atoms with van der Waals surface area (Å²) in [4.78, 5) is 0. The molecule has 2 aromatic rings. The molecule has 0 aliphatic carbocycles. The summed E-state index contributed by atoms with van der Waals surface area (Å²) in [7, 11) is 1.92. The summed E-state index contributed by atoms with van der Waals surface area (Å²) in [5, 5.41) is 7.63. The van der Waals surface area contributed by atoms with Crippen LogP contribution in [0.5, 0.6) is 0 Å². The molecular formula is C12H13Br2N3. The van der Waals surface area contributed by atoms with E-state index in [0.717, 1.165) is 14.6 Å². The smallest absolute Gasteiger partial charge is 0.0542 e. The van der Waals surface area contributed by atoms with Crippen molar-refractivity contribution >= 4 is 37.5 Å². The quantitative estimate of drug-likeness (QED) is 0.894. The molecule has 3 nitrogen and oxygen atoms in total. The first-order valence-electron chi connectivity index (χ1n) is 5.26. The Morgan fingerprint density at radius 2 is 2.12 bits per heavy atom. The lowest BCUT2D eigenvalue weighted by Gasteiger charge is -2.15. The first kappa shape index (κ1) is 12.6. The number of rotatable bonds is 3. The second-order valence-electron chi connectivity index (χ2n) is 3.94. The highest BCUT2D eigenvalue weighted by molar-refractivity contribution is 9.11. The van der Waals surface area contributed by atoms with Gasteiger partial charge in [0.05, 0.1) is 17.9 Å². The fourth-order valence-electron chi connectivity index (χ4n) is 1.59. The third-order valence-electron chi connectivity index (χ3n) is 2.53. The van der Waals surface area contributed by atoms with Crippen LogP contribution in [-0.4, -0.2) is 9.78 Å². The molecule has 0 aliphatic rings. The highest BCUT2D eigenvalue weighted by atomic mass is 79.9. The molecule has 0 amide bonds. The zero-order chi connectivity index (χ0) is 12.4. The van der Waals surface area contributed by atoms with E-state index < -0.39 is 0 Å². The van der Waals surface area contributed by atoms with Gasteiger partial charge in [0.1, 0.15) is 0 Å². The Hall–Kier alpha value is -0.810. The van der Waals surface area contributed by atoms with Gasteiger partial charge < -0.3 is 5.32 Å². The van der Waals surface area contributed by atoms with Gasteiger partial charge in [0.15, 0.2) is 0 Å². The molecule has 0 saturated carbocycles. The predicted octanol–water partition coefficient (Wildman–Crippen LogP) is 4.12. The van der Waals surface area contributed by atoms with Crippen LogP contribution in [0.1, 0.15) is 18.5 Å². The van der Waals surface area contributed by atoms with Crippen molar-refractivity contribution in [2.24, 2.45) is 7.05 Å². The second kappa shape index (κ2) is 5.23. The molecule has 90 valence electrons.